The number of hydrogen-bond acceptors (Lipinski definition) is 3. The second-order valence-electron chi connectivity index (χ2n) is 3.85. The number of halogens is 1. The van der Waals surface area contributed by atoms with E-state index in [1.165, 1.54) is 11.3 Å². The van der Waals surface area contributed by atoms with Crippen molar-refractivity contribution in [1.29, 1.82) is 0 Å². The van der Waals surface area contributed by atoms with Gasteiger partial charge in [-0.3, -0.25) is 0 Å². The molecule has 0 fully saturated rings. The number of aromatic nitrogens is 1. The molecule has 0 spiro atoms. The normalized spacial score (nSPS) is 10.6. The van der Waals surface area contributed by atoms with Crippen molar-refractivity contribution in [1.82, 2.24) is 4.98 Å². The van der Waals surface area contributed by atoms with Gasteiger partial charge in [-0.15, -0.1) is 11.3 Å². The van der Waals surface area contributed by atoms with E-state index in [1.54, 1.807) is 18.2 Å². The molecule has 0 unspecified atom stereocenters. The zero-order chi connectivity index (χ0) is 13.1. The molecule has 0 aliphatic heterocycles. The van der Waals surface area contributed by atoms with Gasteiger partial charge in [-0.25, -0.2) is 9.78 Å². The predicted octanol–water partition coefficient (Wildman–Crippen LogP) is 4.11. The van der Waals surface area contributed by atoms with Gasteiger partial charge in [-0.2, -0.15) is 0 Å². The molecule has 0 atom stereocenters. The first-order valence-electron chi connectivity index (χ1n) is 5.60. The Morgan fingerprint density at radius 2 is 2.28 bits per heavy atom. The standard InChI is InChI=1S/C13H12ClNO2S/c1-2-4-10-15-11(12(18-10)13(16)17)8-5-3-6-9(14)7-8/h3,5-7H,2,4H2,1H3,(H,16,17). The lowest BCUT2D eigenvalue weighted by atomic mass is 10.1. The van der Waals surface area contributed by atoms with Crippen LogP contribution in [-0.2, 0) is 6.42 Å². The fraction of sp³-hybridized carbons (Fsp3) is 0.231. The maximum absolute atomic E-state index is 11.2. The minimum Gasteiger partial charge on any atom is -0.477 e. The number of carbonyl (C=O) groups is 1. The Hall–Kier alpha value is -1.39. The first-order chi connectivity index (χ1) is 8.61. The number of aromatic carboxylic acids is 1. The zero-order valence-electron chi connectivity index (χ0n) is 9.81. The smallest absolute Gasteiger partial charge is 0.348 e. The lowest BCUT2D eigenvalue weighted by molar-refractivity contribution is 0.0702. The van der Waals surface area contributed by atoms with Gasteiger partial charge in [-0.1, -0.05) is 30.7 Å². The lowest BCUT2D eigenvalue weighted by Gasteiger charge is -1.99. The van der Waals surface area contributed by atoms with Gasteiger partial charge in [0.2, 0.25) is 0 Å². The molecule has 0 saturated heterocycles. The van der Waals surface area contributed by atoms with Crippen LogP contribution >= 0.6 is 22.9 Å². The Balaban J connectivity index is 2.51. The fourth-order valence-electron chi connectivity index (χ4n) is 1.66. The van der Waals surface area contributed by atoms with Crippen LogP contribution < -0.4 is 0 Å². The monoisotopic (exact) mass is 281 g/mol. The number of thiazole rings is 1. The van der Waals surface area contributed by atoms with E-state index in [1.807, 2.05) is 13.0 Å². The number of aryl methyl sites for hydroxylation is 1. The van der Waals surface area contributed by atoms with E-state index in [9.17, 15) is 9.90 Å². The Kier molecular flexibility index (Phi) is 3.99. The molecular formula is C13H12ClNO2S. The second-order valence-corrected chi connectivity index (χ2v) is 5.37. The van der Waals surface area contributed by atoms with Crippen LogP contribution in [0, 0.1) is 0 Å². The predicted molar refractivity (Wildman–Crippen MR) is 73.5 cm³/mol. The number of rotatable bonds is 4. The molecule has 94 valence electrons. The maximum Gasteiger partial charge on any atom is 0.348 e. The van der Waals surface area contributed by atoms with Crippen molar-refractivity contribution in [2.75, 3.05) is 0 Å². The molecular weight excluding hydrogens is 270 g/mol. The minimum absolute atomic E-state index is 0.278. The summed E-state index contributed by atoms with van der Waals surface area (Å²) >= 11 is 7.16. The molecule has 0 saturated carbocycles. The van der Waals surface area contributed by atoms with Gasteiger partial charge in [0.05, 0.1) is 10.7 Å². The van der Waals surface area contributed by atoms with Gasteiger partial charge >= 0.3 is 5.97 Å². The third-order valence-corrected chi connectivity index (χ3v) is 3.77. The molecule has 2 rings (SSSR count). The quantitative estimate of drug-likeness (QED) is 0.917. The van der Waals surface area contributed by atoms with E-state index in [2.05, 4.69) is 4.98 Å². The highest BCUT2D eigenvalue weighted by molar-refractivity contribution is 7.14. The van der Waals surface area contributed by atoms with Crippen LogP contribution in [0.2, 0.25) is 5.02 Å². The summed E-state index contributed by atoms with van der Waals surface area (Å²) in [5.41, 5.74) is 1.26. The number of hydrogen-bond donors (Lipinski definition) is 1. The summed E-state index contributed by atoms with van der Waals surface area (Å²) in [6.45, 7) is 2.04. The topological polar surface area (TPSA) is 50.2 Å². The van der Waals surface area contributed by atoms with Crippen molar-refractivity contribution in [2.45, 2.75) is 19.8 Å². The van der Waals surface area contributed by atoms with Gasteiger partial charge in [0.1, 0.15) is 4.88 Å². The van der Waals surface area contributed by atoms with Gasteiger partial charge in [0.15, 0.2) is 0 Å². The lowest BCUT2D eigenvalue weighted by Crippen LogP contribution is -1.95. The third kappa shape index (κ3) is 2.71. The molecule has 0 amide bonds. The van der Waals surface area contributed by atoms with Crippen LogP contribution in [0.25, 0.3) is 11.3 Å². The molecule has 0 aliphatic carbocycles. The number of carboxylic acids is 1. The first kappa shape index (κ1) is 13.1. The van der Waals surface area contributed by atoms with Crippen LogP contribution in [0.5, 0.6) is 0 Å². The first-order valence-corrected chi connectivity index (χ1v) is 6.80. The van der Waals surface area contributed by atoms with E-state index in [-0.39, 0.29) is 4.88 Å². The number of benzene rings is 1. The fourth-order valence-corrected chi connectivity index (χ4v) is 2.88. The largest absolute Gasteiger partial charge is 0.477 e. The Morgan fingerprint density at radius 3 is 2.89 bits per heavy atom. The van der Waals surface area contributed by atoms with Crippen molar-refractivity contribution in [3.8, 4) is 11.3 Å². The van der Waals surface area contributed by atoms with Crippen molar-refractivity contribution >= 4 is 28.9 Å². The van der Waals surface area contributed by atoms with Crippen LogP contribution in [0.3, 0.4) is 0 Å². The highest BCUT2D eigenvalue weighted by Gasteiger charge is 2.18. The minimum atomic E-state index is -0.940. The summed E-state index contributed by atoms with van der Waals surface area (Å²) in [5.74, 6) is -0.940. The Morgan fingerprint density at radius 1 is 1.50 bits per heavy atom. The van der Waals surface area contributed by atoms with Crippen molar-refractivity contribution in [2.24, 2.45) is 0 Å². The van der Waals surface area contributed by atoms with Crippen LogP contribution in [0.1, 0.15) is 28.0 Å². The van der Waals surface area contributed by atoms with Crippen LogP contribution in [0.4, 0.5) is 0 Å². The van der Waals surface area contributed by atoms with Gasteiger partial charge < -0.3 is 5.11 Å². The van der Waals surface area contributed by atoms with E-state index >= 15 is 0 Å². The summed E-state index contributed by atoms with van der Waals surface area (Å²) < 4.78 is 0. The van der Waals surface area contributed by atoms with E-state index in [0.29, 0.717) is 10.7 Å². The molecule has 5 heteroatoms. The molecule has 0 radical (unpaired) electrons. The second kappa shape index (κ2) is 5.50. The summed E-state index contributed by atoms with van der Waals surface area (Å²) in [7, 11) is 0. The van der Waals surface area contributed by atoms with E-state index in [0.717, 1.165) is 23.4 Å². The molecule has 0 bridgehead atoms. The van der Waals surface area contributed by atoms with Crippen LogP contribution in [-0.4, -0.2) is 16.1 Å². The molecule has 3 nitrogen and oxygen atoms in total. The zero-order valence-corrected chi connectivity index (χ0v) is 11.4. The highest BCUT2D eigenvalue weighted by Crippen LogP contribution is 2.30. The maximum atomic E-state index is 11.2. The van der Waals surface area contributed by atoms with Crippen molar-refractivity contribution in [3.05, 3.63) is 39.2 Å². The van der Waals surface area contributed by atoms with E-state index in [4.69, 9.17) is 11.6 Å². The Labute approximate surface area is 114 Å². The highest BCUT2D eigenvalue weighted by atomic mass is 35.5. The molecule has 2 aromatic rings. The molecule has 1 heterocycles. The summed E-state index contributed by atoms with van der Waals surface area (Å²) in [4.78, 5) is 15.9. The van der Waals surface area contributed by atoms with Gasteiger partial charge in [0.25, 0.3) is 0 Å². The SMILES string of the molecule is CCCc1nc(-c2cccc(Cl)c2)c(C(=O)O)s1. The average molecular weight is 282 g/mol. The van der Waals surface area contributed by atoms with Gasteiger partial charge in [-0.05, 0) is 25.0 Å². The molecule has 1 aromatic heterocycles. The third-order valence-electron chi connectivity index (χ3n) is 2.43. The summed E-state index contributed by atoms with van der Waals surface area (Å²) in [6, 6.07) is 7.11. The van der Waals surface area contributed by atoms with Crippen LogP contribution in [0.15, 0.2) is 24.3 Å². The summed E-state index contributed by atoms with van der Waals surface area (Å²) in [6.07, 6.45) is 1.74. The molecule has 1 N–H and O–H groups in total. The molecule has 1 aromatic carbocycles. The van der Waals surface area contributed by atoms with Crippen molar-refractivity contribution < 1.29 is 9.90 Å². The number of nitrogens with zero attached hydrogens (tertiary/aromatic N) is 1. The molecule has 0 aliphatic rings. The van der Waals surface area contributed by atoms with E-state index < -0.39 is 5.97 Å². The van der Waals surface area contributed by atoms with Gasteiger partial charge in [0, 0.05) is 10.6 Å². The summed E-state index contributed by atoms with van der Waals surface area (Å²) in [5, 5.41) is 10.6. The molecule has 18 heavy (non-hydrogen) atoms. The average Bonchev–Trinajstić information content (AvgIpc) is 2.74. The number of carboxylic acid groups (broad SMARTS) is 1. The Bertz CT molecular complexity index is 580. The van der Waals surface area contributed by atoms with Crippen molar-refractivity contribution in [3.63, 3.8) is 0 Å².